The van der Waals surface area contributed by atoms with Crippen LogP contribution in [0.2, 0.25) is 0 Å². The van der Waals surface area contributed by atoms with Gasteiger partial charge in [-0.1, -0.05) is 67.2 Å². The van der Waals surface area contributed by atoms with Crippen LogP contribution < -0.4 is 0 Å². The standard InChI is InChI=1S/C19H14OS/c1-2-18(20)21-17-13-12-14-8-6-7-11-16(14)19(17)15-9-4-3-5-10-15/h2-13H,1H2. The van der Waals surface area contributed by atoms with Gasteiger partial charge in [0.25, 0.3) is 0 Å². The molecule has 1 nitrogen and oxygen atoms in total. The summed E-state index contributed by atoms with van der Waals surface area (Å²) in [7, 11) is 0. The molecule has 0 aliphatic carbocycles. The first-order chi connectivity index (χ1) is 10.3. The third-order valence-corrected chi connectivity index (χ3v) is 4.26. The second-order valence-corrected chi connectivity index (χ2v) is 5.70. The van der Waals surface area contributed by atoms with E-state index in [1.54, 1.807) is 0 Å². The number of benzene rings is 3. The van der Waals surface area contributed by atoms with Crippen molar-refractivity contribution in [3.63, 3.8) is 0 Å². The van der Waals surface area contributed by atoms with Gasteiger partial charge >= 0.3 is 0 Å². The molecule has 0 aliphatic rings. The average molecular weight is 290 g/mol. The van der Waals surface area contributed by atoms with E-state index in [0.717, 1.165) is 21.4 Å². The first-order valence-corrected chi connectivity index (χ1v) is 7.52. The van der Waals surface area contributed by atoms with Gasteiger partial charge in [0, 0.05) is 10.5 Å². The molecule has 0 aromatic heterocycles. The Balaban J connectivity index is 2.28. The van der Waals surface area contributed by atoms with Gasteiger partial charge in [0.05, 0.1) is 0 Å². The monoisotopic (exact) mass is 290 g/mol. The molecule has 2 heteroatoms. The largest absolute Gasteiger partial charge is 0.282 e. The Kier molecular flexibility index (Phi) is 3.89. The van der Waals surface area contributed by atoms with Crippen LogP contribution in [0.5, 0.6) is 0 Å². The van der Waals surface area contributed by atoms with Gasteiger partial charge in [0.1, 0.15) is 0 Å². The van der Waals surface area contributed by atoms with Gasteiger partial charge in [-0.05, 0) is 40.2 Å². The molecule has 102 valence electrons. The van der Waals surface area contributed by atoms with E-state index in [9.17, 15) is 4.79 Å². The molecular formula is C19H14OS. The molecule has 0 unspecified atom stereocenters. The Morgan fingerprint density at radius 1 is 0.905 bits per heavy atom. The summed E-state index contributed by atoms with van der Waals surface area (Å²) < 4.78 is 0. The SMILES string of the molecule is C=CC(=O)Sc1ccc2ccccc2c1-c1ccccc1. The topological polar surface area (TPSA) is 17.1 Å². The van der Waals surface area contributed by atoms with E-state index in [4.69, 9.17) is 0 Å². The highest BCUT2D eigenvalue weighted by Crippen LogP contribution is 2.37. The first kappa shape index (κ1) is 13.7. The first-order valence-electron chi connectivity index (χ1n) is 6.71. The molecule has 0 amide bonds. The maximum absolute atomic E-state index is 11.7. The van der Waals surface area contributed by atoms with Crippen molar-refractivity contribution in [3.05, 3.63) is 79.4 Å². The highest BCUT2D eigenvalue weighted by molar-refractivity contribution is 8.14. The highest BCUT2D eigenvalue weighted by Gasteiger charge is 2.12. The molecule has 3 rings (SSSR count). The minimum absolute atomic E-state index is 0.0394. The maximum atomic E-state index is 11.7. The van der Waals surface area contributed by atoms with Crippen LogP contribution in [-0.2, 0) is 4.79 Å². The molecule has 21 heavy (non-hydrogen) atoms. The summed E-state index contributed by atoms with van der Waals surface area (Å²) in [5.41, 5.74) is 2.22. The summed E-state index contributed by atoms with van der Waals surface area (Å²) in [5, 5.41) is 2.29. The van der Waals surface area contributed by atoms with E-state index in [1.165, 1.54) is 23.2 Å². The Morgan fingerprint density at radius 2 is 1.62 bits per heavy atom. The zero-order valence-corrected chi connectivity index (χ0v) is 12.3. The Morgan fingerprint density at radius 3 is 2.38 bits per heavy atom. The van der Waals surface area contributed by atoms with Gasteiger partial charge in [-0.2, -0.15) is 0 Å². The summed E-state index contributed by atoms with van der Waals surface area (Å²) in [6, 6.07) is 22.5. The second kappa shape index (κ2) is 5.98. The fourth-order valence-corrected chi connectivity index (χ4v) is 3.16. The molecule has 3 aromatic carbocycles. The third kappa shape index (κ3) is 2.76. The predicted octanol–water partition coefficient (Wildman–Crippen LogP) is 5.31. The lowest BCUT2D eigenvalue weighted by atomic mass is 9.98. The van der Waals surface area contributed by atoms with Crippen LogP contribution in [0.3, 0.4) is 0 Å². The molecule has 0 spiro atoms. The normalized spacial score (nSPS) is 10.5. The van der Waals surface area contributed by atoms with Crippen molar-refractivity contribution in [2.75, 3.05) is 0 Å². The fraction of sp³-hybridized carbons (Fsp3) is 0. The van der Waals surface area contributed by atoms with E-state index < -0.39 is 0 Å². The van der Waals surface area contributed by atoms with E-state index in [0.29, 0.717) is 0 Å². The summed E-state index contributed by atoms with van der Waals surface area (Å²) in [6.07, 6.45) is 1.36. The lowest BCUT2D eigenvalue weighted by molar-refractivity contribution is -0.107. The van der Waals surface area contributed by atoms with Crippen LogP contribution in [0.1, 0.15) is 0 Å². The Bertz CT molecular complexity index is 806. The third-order valence-electron chi connectivity index (χ3n) is 3.33. The molecule has 0 heterocycles. The number of fused-ring (bicyclic) bond motifs is 1. The molecule has 0 aliphatic heterocycles. The van der Waals surface area contributed by atoms with Gasteiger partial charge in [-0.3, -0.25) is 4.79 Å². The lowest BCUT2D eigenvalue weighted by Crippen LogP contribution is -1.89. The summed E-state index contributed by atoms with van der Waals surface area (Å²) in [4.78, 5) is 12.7. The average Bonchev–Trinajstić information content (AvgIpc) is 2.55. The molecule has 0 atom stereocenters. The van der Waals surface area contributed by atoms with Crippen molar-refractivity contribution in [3.8, 4) is 11.1 Å². The van der Waals surface area contributed by atoms with Gasteiger partial charge < -0.3 is 0 Å². The van der Waals surface area contributed by atoms with Gasteiger partial charge in [0.15, 0.2) is 0 Å². The molecule has 0 bridgehead atoms. The van der Waals surface area contributed by atoms with E-state index >= 15 is 0 Å². The Labute approximate surface area is 128 Å². The van der Waals surface area contributed by atoms with Gasteiger partial charge in [-0.15, -0.1) is 0 Å². The fourth-order valence-electron chi connectivity index (χ4n) is 2.39. The van der Waals surface area contributed by atoms with Crippen LogP contribution in [0, 0.1) is 0 Å². The van der Waals surface area contributed by atoms with Crippen LogP contribution in [0.4, 0.5) is 0 Å². The molecule has 0 radical (unpaired) electrons. The number of rotatable bonds is 3. The van der Waals surface area contributed by atoms with Crippen LogP contribution in [-0.4, -0.2) is 5.12 Å². The molecule has 0 fully saturated rings. The predicted molar refractivity (Wildman–Crippen MR) is 90.4 cm³/mol. The lowest BCUT2D eigenvalue weighted by Gasteiger charge is -2.12. The van der Waals surface area contributed by atoms with Crippen molar-refractivity contribution >= 4 is 27.6 Å². The van der Waals surface area contributed by atoms with E-state index in [1.807, 2.05) is 36.4 Å². The molecule has 0 saturated carbocycles. The molecular weight excluding hydrogens is 276 g/mol. The molecule has 0 saturated heterocycles. The Hall–Kier alpha value is -2.32. The van der Waals surface area contributed by atoms with Crippen LogP contribution >= 0.6 is 11.8 Å². The molecule has 0 N–H and O–H groups in total. The zero-order chi connectivity index (χ0) is 14.7. The smallest absolute Gasteiger partial charge is 0.216 e. The zero-order valence-electron chi connectivity index (χ0n) is 11.5. The molecule has 3 aromatic rings. The van der Waals surface area contributed by atoms with Crippen LogP contribution in [0.15, 0.2) is 84.3 Å². The van der Waals surface area contributed by atoms with E-state index in [2.05, 4.69) is 36.9 Å². The number of hydrogen-bond donors (Lipinski definition) is 0. The van der Waals surface area contributed by atoms with Gasteiger partial charge in [0.2, 0.25) is 5.12 Å². The minimum Gasteiger partial charge on any atom is -0.282 e. The highest BCUT2D eigenvalue weighted by atomic mass is 32.2. The summed E-state index contributed by atoms with van der Waals surface area (Å²) in [6.45, 7) is 3.55. The van der Waals surface area contributed by atoms with Crippen molar-refractivity contribution < 1.29 is 4.79 Å². The number of hydrogen-bond acceptors (Lipinski definition) is 2. The van der Waals surface area contributed by atoms with E-state index in [-0.39, 0.29) is 5.12 Å². The minimum atomic E-state index is -0.0394. The quantitative estimate of drug-likeness (QED) is 0.480. The number of carbonyl (C=O) groups excluding carboxylic acids is 1. The summed E-state index contributed by atoms with van der Waals surface area (Å²) in [5.74, 6) is 0. The summed E-state index contributed by atoms with van der Waals surface area (Å²) >= 11 is 1.22. The second-order valence-electron chi connectivity index (χ2n) is 4.65. The maximum Gasteiger partial charge on any atom is 0.216 e. The number of thioether (sulfide) groups is 1. The van der Waals surface area contributed by atoms with Crippen molar-refractivity contribution in [2.45, 2.75) is 4.90 Å². The number of carbonyl (C=O) groups is 1. The van der Waals surface area contributed by atoms with Crippen LogP contribution in [0.25, 0.3) is 21.9 Å². The van der Waals surface area contributed by atoms with Crippen molar-refractivity contribution in [1.82, 2.24) is 0 Å². The van der Waals surface area contributed by atoms with Gasteiger partial charge in [-0.25, -0.2) is 0 Å². The van der Waals surface area contributed by atoms with Crippen molar-refractivity contribution in [1.29, 1.82) is 0 Å². The van der Waals surface area contributed by atoms with Crippen molar-refractivity contribution in [2.24, 2.45) is 0 Å².